The van der Waals surface area contributed by atoms with Gasteiger partial charge in [0.15, 0.2) is 0 Å². The molecule has 0 saturated heterocycles. The monoisotopic (exact) mass is 358 g/mol. The van der Waals surface area contributed by atoms with Gasteiger partial charge in [0.05, 0.1) is 6.54 Å². The number of rotatable bonds is 10. The molecule has 0 unspecified atom stereocenters. The lowest BCUT2D eigenvalue weighted by molar-refractivity contribution is 0.475. The zero-order valence-electron chi connectivity index (χ0n) is 16.6. The highest BCUT2D eigenvalue weighted by atomic mass is 15.4. The summed E-state index contributed by atoms with van der Waals surface area (Å²) in [7, 11) is 0. The van der Waals surface area contributed by atoms with Crippen molar-refractivity contribution in [3.8, 4) is 0 Å². The van der Waals surface area contributed by atoms with Crippen LogP contribution in [-0.2, 0) is 0 Å². The maximum Gasteiger partial charge on any atom is 0.143 e. The van der Waals surface area contributed by atoms with Crippen molar-refractivity contribution >= 4 is 17.1 Å². The molecule has 27 heavy (non-hydrogen) atoms. The molecule has 0 aliphatic carbocycles. The standard InChI is InChI=1S/C26H32N/c1-2-3-4-5-6-16-23-27(24-17-10-7-11-18-24,25-19-12-8-13-20-25)26-21-14-9-15-22-26/h7-15,17-22H,2-6,16,23H2,1H3/q+1. The number of hydrogen-bond acceptors (Lipinski definition) is 0. The predicted molar refractivity (Wildman–Crippen MR) is 119 cm³/mol. The van der Waals surface area contributed by atoms with Gasteiger partial charge in [0.1, 0.15) is 17.1 Å². The van der Waals surface area contributed by atoms with Crippen molar-refractivity contribution in [2.24, 2.45) is 0 Å². The Kier molecular flexibility index (Phi) is 7.24. The van der Waals surface area contributed by atoms with Gasteiger partial charge in [-0.2, -0.15) is 0 Å². The largest absolute Gasteiger partial charge is 0.227 e. The third-order valence-electron chi connectivity index (χ3n) is 5.44. The molecule has 3 aromatic carbocycles. The summed E-state index contributed by atoms with van der Waals surface area (Å²) in [5, 5.41) is 0. The minimum atomic E-state index is 0.788. The Morgan fingerprint density at radius 1 is 0.481 bits per heavy atom. The first-order valence-electron chi connectivity index (χ1n) is 10.4. The van der Waals surface area contributed by atoms with Gasteiger partial charge in [-0.25, -0.2) is 4.48 Å². The first-order chi connectivity index (χ1) is 13.4. The molecule has 0 bridgehead atoms. The summed E-state index contributed by atoms with van der Waals surface area (Å²) in [4.78, 5) is 0. The van der Waals surface area contributed by atoms with Gasteiger partial charge in [0.25, 0.3) is 0 Å². The molecule has 0 aliphatic heterocycles. The summed E-state index contributed by atoms with van der Waals surface area (Å²) in [5.74, 6) is 0. The Labute approximate surface area is 164 Å². The minimum absolute atomic E-state index is 0.788. The molecule has 0 spiro atoms. The number of hydrogen-bond donors (Lipinski definition) is 0. The molecule has 0 aromatic heterocycles. The average molecular weight is 359 g/mol. The Morgan fingerprint density at radius 2 is 0.852 bits per heavy atom. The van der Waals surface area contributed by atoms with Gasteiger partial charge in [0.2, 0.25) is 0 Å². The zero-order chi connectivity index (χ0) is 18.8. The fourth-order valence-electron chi connectivity index (χ4n) is 4.01. The van der Waals surface area contributed by atoms with Crippen LogP contribution in [0.2, 0.25) is 0 Å². The molecule has 0 saturated carbocycles. The van der Waals surface area contributed by atoms with Crippen LogP contribution in [0.1, 0.15) is 45.4 Å². The van der Waals surface area contributed by atoms with Crippen molar-refractivity contribution in [2.45, 2.75) is 45.4 Å². The van der Waals surface area contributed by atoms with Crippen LogP contribution >= 0.6 is 0 Å². The van der Waals surface area contributed by atoms with Gasteiger partial charge in [-0.05, 0) is 49.2 Å². The van der Waals surface area contributed by atoms with E-state index in [9.17, 15) is 0 Å². The normalized spacial score (nSPS) is 11.4. The molecule has 1 heteroatoms. The topological polar surface area (TPSA) is 0 Å². The van der Waals surface area contributed by atoms with E-state index < -0.39 is 0 Å². The molecule has 0 amide bonds. The molecule has 0 fully saturated rings. The summed E-state index contributed by atoms with van der Waals surface area (Å²) in [6, 6.07) is 33.0. The van der Waals surface area contributed by atoms with E-state index >= 15 is 0 Å². The molecule has 1 nitrogen and oxygen atoms in total. The van der Waals surface area contributed by atoms with Crippen LogP contribution in [0.4, 0.5) is 17.1 Å². The Bertz CT molecular complexity index is 668. The van der Waals surface area contributed by atoms with Crippen molar-refractivity contribution < 1.29 is 0 Å². The summed E-state index contributed by atoms with van der Waals surface area (Å²) in [6.07, 6.45) is 7.88. The summed E-state index contributed by atoms with van der Waals surface area (Å²) in [6.45, 7) is 3.37. The number of nitrogens with zero attached hydrogens (tertiary/aromatic N) is 1. The fourth-order valence-corrected chi connectivity index (χ4v) is 4.01. The second-order valence-electron chi connectivity index (χ2n) is 7.31. The molecule has 3 aromatic rings. The lowest BCUT2D eigenvalue weighted by Gasteiger charge is -2.37. The first kappa shape index (κ1) is 19.4. The van der Waals surface area contributed by atoms with Gasteiger partial charge in [0, 0.05) is 0 Å². The maximum atomic E-state index is 2.28. The maximum absolute atomic E-state index is 2.28. The molecule has 0 radical (unpaired) electrons. The van der Waals surface area contributed by atoms with E-state index in [1.54, 1.807) is 0 Å². The van der Waals surface area contributed by atoms with Crippen LogP contribution < -0.4 is 4.48 Å². The highest BCUT2D eigenvalue weighted by Crippen LogP contribution is 2.43. The quantitative estimate of drug-likeness (QED) is 0.254. The SMILES string of the molecule is CCCCCCCC[N+](c1ccccc1)(c1ccccc1)c1ccccc1. The minimum Gasteiger partial charge on any atom is -0.227 e. The lowest BCUT2D eigenvalue weighted by atomic mass is 10.1. The highest BCUT2D eigenvalue weighted by Gasteiger charge is 2.35. The first-order valence-corrected chi connectivity index (χ1v) is 10.4. The molecular formula is C26H32N+. The molecule has 0 atom stereocenters. The van der Waals surface area contributed by atoms with E-state index in [1.165, 1.54) is 55.6 Å². The molecule has 0 heterocycles. The van der Waals surface area contributed by atoms with Crippen LogP contribution in [0.5, 0.6) is 0 Å². The average Bonchev–Trinajstić information content (AvgIpc) is 2.75. The number of quaternary nitrogens is 1. The van der Waals surface area contributed by atoms with Gasteiger partial charge in [-0.15, -0.1) is 0 Å². The second kappa shape index (κ2) is 10.1. The van der Waals surface area contributed by atoms with Crippen LogP contribution in [0.25, 0.3) is 0 Å². The van der Waals surface area contributed by atoms with Gasteiger partial charge < -0.3 is 0 Å². The third-order valence-corrected chi connectivity index (χ3v) is 5.44. The van der Waals surface area contributed by atoms with Gasteiger partial charge in [-0.3, -0.25) is 0 Å². The van der Waals surface area contributed by atoms with E-state index in [-0.39, 0.29) is 0 Å². The Hall–Kier alpha value is -2.38. The second-order valence-corrected chi connectivity index (χ2v) is 7.31. The van der Waals surface area contributed by atoms with Crippen molar-refractivity contribution in [2.75, 3.05) is 6.54 Å². The summed E-state index contributed by atoms with van der Waals surface area (Å²) in [5.41, 5.74) is 4.01. The van der Waals surface area contributed by atoms with Crippen LogP contribution in [0, 0.1) is 0 Å². The van der Waals surface area contributed by atoms with Crippen LogP contribution in [0.15, 0.2) is 91.0 Å². The summed E-state index contributed by atoms with van der Waals surface area (Å²) >= 11 is 0. The van der Waals surface area contributed by atoms with Crippen molar-refractivity contribution in [3.05, 3.63) is 91.0 Å². The van der Waals surface area contributed by atoms with E-state index in [1.807, 2.05) is 0 Å². The number of unbranched alkanes of at least 4 members (excludes halogenated alkanes) is 5. The van der Waals surface area contributed by atoms with Crippen LogP contribution in [-0.4, -0.2) is 6.54 Å². The summed E-state index contributed by atoms with van der Waals surface area (Å²) < 4.78 is 0.788. The molecule has 0 N–H and O–H groups in total. The Balaban J connectivity index is 1.98. The smallest absolute Gasteiger partial charge is 0.143 e. The van der Waals surface area contributed by atoms with Crippen molar-refractivity contribution in [1.29, 1.82) is 0 Å². The lowest BCUT2D eigenvalue weighted by Crippen LogP contribution is -2.39. The van der Waals surface area contributed by atoms with Gasteiger partial charge >= 0.3 is 0 Å². The zero-order valence-corrected chi connectivity index (χ0v) is 16.6. The van der Waals surface area contributed by atoms with Crippen molar-refractivity contribution in [1.82, 2.24) is 4.48 Å². The Morgan fingerprint density at radius 3 is 1.26 bits per heavy atom. The molecule has 140 valence electrons. The van der Waals surface area contributed by atoms with E-state index in [4.69, 9.17) is 0 Å². The molecule has 0 aliphatic rings. The highest BCUT2D eigenvalue weighted by molar-refractivity contribution is 5.70. The van der Waals surface area contributed by atoms with Crippen LogP contribution in [0.3, 0.4) is 0 Å². The van der Waals surface area contributed by atoms with E-state index in [0.29, 0.717) is 0 Å². The number of para-hydroxylation sites is 3. The molecular weight excluding hydrogens is 326 g/mol. The van der Waals surface area contributed by atoms with E-state index in [0.717, 1.165) is 11.0 Å². The molecule has 3 rings (SSSR count). The fraction of sp³-hybridized carbons (Fsp3) is 0.308. The van der Waals surface area contributed by atoms with Crippen molar-refractivity contribution in [3.63, 3.8) is 0 Å². The number of benzene rings is 3. The van der Waals surface area contributed by atoms with E-state index in [2.05, 4.69) is 97.9 Å². The third kappa shape index (κ3) is 4.67. The predicted octanol–water partition coefficient (Wildman–Crippen LogP) is 8.02. The van der Waals surface area contributed by atoms with Gasteiger partial charge in [-0.1, -0.05) is 87.2 Å².